The maximum Gasteiger partial charge on any atom is 0.278 e. The number of fused-ring (bicyclic) bond motifs is 1. The van der Waals surface area contributed by atoms with E-state index in [1.165, 1.54) is 0 Å². The molecule has 2 aromatic carbocycles. The van der Waals surface area contributed by atoms with Crippen LogP contribution in [-0.4, -0.2) is 52.2 Å². The smallest absolute Gasteiger partial charge is 0.278 e. The molecule has 0 unspecified atom stereocenters. The zero-order valence-electron chi connectivity index (χ0n) is 20.0. The molecule has 2 N–H and O–H groups in total. The number of rotatable bonds is 4. The zero-order chi connectivity index (χ0) is 24.4. The molecule has 1 aromatic heterocycles. The monoisotopic (exact) mass is 470 g/mol. The SMILES string of the molecule is CC(N)=NC(=O)c1cccc(CN2CCCC3(CCN(c4cnc5ccccc5n4)CC3)C2=O)c1. The summed E-state index contributed by atoms with van der Waals surface area (Å²) in [5, 5.41) is 0. The normalized spacial score (nSPS) is 18.3. The van der Waals surface area contributed by atoms with E-state index in [4.69, 9.17) is 10.7 Å². The maximum absolute atomic E-state index is 13.7. The lowest BCUT2D eigenvalue weighted by atomic mass is 9.71. The Labute approximate surface area is 204 Å². The Balaban J connectivity index is 1.27. The van der Waals surface area contributed by atoms with Gasteiger partial charge in [-0.05, 0) is 62.4 Å². The van der Waals surface area contributed by atoms with Gasteiger partial charge in [0.15, 0.2) is 0 Å². The third-order valence-electron chi connectivity index (χ3n) is 7.13. The predicted octanol–water partition coefficient (Wildman–Crippen LogP) is 3.56. The number of likely N-dealkylation sites (tertiary alicyclic amines) is 1. The summed E-state index contributed by atoms with van der Waals surface area (Å²) in [4.78, 5) is 43.3. The summed E-state index contributed by atoms with van der Waals surface area (Å²) in [6.45, 7) is 4.39. The van der Waals surface area contributed by atoms with E-state index >= 15 is 0 Å². The van der Waals surface area contributed by atoms with E-state index in [9.17, 15) is 9.59 Å². The third kappa shape index (κ3) is 4.73. The van der Waals surface area contributed by atoms with Gasteiger partial charge < -0.3 is 15.5 Å². The van der Waals surface area contributed by atoms with Crippen LogP contribution in [0.5, 0.6) is 0 Å². The Morgan fingerprint density at radius 1 is 1.06 bits per heavy atom. The molecule has 0 atom stereocenters. The van der Waals surface area contributed by atoms with Crippen LogP contribution in [0, 0.1) is 5.41 Å². The van der Waals surface area contributed by atoms with E-state index in [1.807, 2.05) is 53.6 Å². The van der Waals surface area contributed by atoms with Crippen LogP contribution in [0.15, 0.2) is 59.7 Å². The molecule has 0 saturated carbocycles. The van der Waals surface area contributed by atoms with Crippen molar-refractivity contribution < 1.29 is 9.59 Å². The van der Waals surface area contributed by atoms with Gasteiger partial charge in [0, 0.05) is 31.7 Å². The van der Waals surface area contributed by atoms with Crippen LogP contribution in [-0.2, 0) is 11.3 Å². The van der Waals surface area contributed by atoms with Crippen molar-refractivity contribution in [2.24, 2.45) is 16.1 Å². The molecular weight excluding hydrogens is 440 g/mol. The summed E-state index contributed by atoms with van der Waals surface area (Å²) in [5.41, 5.74) is 8.41. The molecule has 2 amide bonds. The average Bonchev–Trinajstić information content (AvgIpc) is 2.87. The highest BCUT2D eigenvalue weighted by atomic mass is 16.2. The number of carbonyl (C=O) groups excluding carboxylic acids is 2. The Morgan fingerprint density at radius 2 is 1.83 bits per heavy atom. The highest BCUT2D eigenvalue weighted by Crippen LogP contribution is 2.42. The number of aromatic nitrogens is 2. The fourth-order valence-corrected chi connectivity index (χ4v) is 5.28. The Kier molecular flexibility index (Phi) is 6.19. The van der Waals surface area contributed by atoms with Gasteiger partial charge >= 0.3 is 0 Å². The van der Waals surface area contributed by atoms with Gasteiger partial charge in [0.1, 0.15) is 11.7 Å². The summed E-state index contributed by atoms with van der Waals surface area (Å²) in [5.74, 6) is 0.961. The highest BCUT2D eigenvalue weighted by molar-refractivity contribution is 6.02. The maximum atomic E-state index is 13.7. The molecule has 2 saturated heterocycles. The van der Waals surface area contributed by atoms with E-state index in [2.05, 4.69) is 14.9 Å². The van der Waals surface area contributed by atoms with Gasteiger partial charge in [-0.1, -0.05) is 24.3 Å². The molecule has 2 aliphatic heterocycles. The first kappa shape index (κ1) is 23.0. The van der Waals surface area contributed by atoms with Gasteiger partial charge in [0.2, 0.25) is 5.91 Å². The number of carbonyl (C=O) groups is 2. The minimum Gasteiger partial charge on any atom is -0.387 e. The van der Waals surface area contributed by atoms with Gasteiger partial charge in [-0.2, -0.15) is 4.99 Å². The van der Waals surface area contributed by atoms with Crippen molar-refractivity contribution in [1.29, 1.82) is 0 Å². The standard InChI is InChI=1S/C27H30N6O2/c1-19(28)30-25(34)21-7-4-6-20(16-21)18-33-13-5-10-27(26(33)35)11-14-32(15-12-27)24-17-29-22-8-2-3-9-23(22)31-24/h2-4,6-9,16-17H,5,10-15,18H2,1H3,(H2,28,30,34). The third-order valence-corrected chi connectivity index (χ3v) is 7.13. The Hall–Kier alpha value is -3.81. The number of hydrogen-bond donors (Lipinski definition) is 1. The molecule has 5 rings (SSSR count). The first-order valence-corrected chi connectivity index (χ1v) is 12.1. The number of amides is 2. The molecule has 2 aliphatic rings. The molecule has 3 aromatic rings. The fourth-order valence-electron chi connectivity index (χ4n) is 5.28. The van der Waals surface area contributed by atoms with Crippen molar-refractivity contribution in [3.63, 3.8) is 0 Å². The van der Waals surface area contributed by atoms with Gasteiger partial charge in [-0.3, -0.25) is 14.6 Å². The zero-order valence-corrected chi connectivity index (χ0v) is 20.0. The van der Waals surface area contributed by atoms with Crippen molar-refractivity contribution >= 4 is 34.5 Å². The number of nitrogens with two attached hydrogens (primary N) is 1. The molecule has 8 nitrogen and oxygen atoms in total. The highest BCUT2D eigenvalue weighted by Gasteiger charge is 2.45. The van der Waals surface area contributed by atoms with Gasteiger partial charge in [-0.25, -0.2) is 4.98 Å². The fraction of sp³-hybridized carbons (Fsp3) is 0.370. The minimum absolute atomic E-state index is 0.223. The summed E-state index contributed by atoms with van der Waals surface area (Å²) in [6.07, 6.45) is 5.35. The van der Waals surface area contributed by atoms with Crippen LogP contribution in [0.1, 0.15) is 48.5 Å². The number of benzene rings is 2. The summed E-state index contributed by atoms with van der Waals surface area (Å²) >= 11 is 0. The lowest BCUT2D eigenvalue weighted by Crippen LogP contribution is -2.53. The molecule has 0 bridgehead atoms. The van der Waals surface area contributed by atoms with Gasteiger partial charge in [0.05, 0.1) is 22.6 Å². The Morgan fingerprint density at radius 3 is 2.60 bits per heavy atom. The van der Waals surface area contributed by atoms with E-state index < -0.39 is 0 Å². The molecule has 2 fully saturated rings. The van der Waals surface area contributed by atoms with Crippen molar-refractivity contribution in [3.05, 3.63) is 65.9 Å². The second kappa shape index (κ2) is 9.44. The van der Waals surface area contributed by atoms with E-state index in [0.29, 0.717) is 12.1 Å². The first-order valence-electron chi connectivity index (χ1n) is 12.1. The Bertz CT molecular complexity index is 1290. The summed E-state index contributed by atoms with van der Waals surface area (Å²) < 4.78 is 0. The number of nitrogens with zero attached hydrogens (tertiary/aromatic N) is 5. The first-order chi connectivity index (χ1) is 16.9. The topological polar surface area (TPSA) is 105 Å². The van der Waals surface area contributed by atoms with Crippen LogP contribution in [0.3, 0.4) is 0 Å². The average molecular weight is 471 g/mol. The lowest BCUT2D eigenvalue weighted by molar-refractivity contribution is -0.148. The van der Waals surface area contributed by atoms with E-state index in [0.717, 1.165) is 67.7 Å². The molecule has 180 valence electrons. The van der Waals surface area contributed by atoms with Gasteiger partial charge in [-0.15, -0.1) is 0 Å². The minimum atomic E-state index is -0.363. The van der Waals surface area contributed by atoms with Crippen LogP contribution in [0.4, 0.5) is 5.82 Å². The second-order valence-corrected chi connectivity index (χ2v) is 9.57. The molecule has 1 spiro atoms. The summed E-state index contributed by atoms with van der Waals surface area (Å²) in [7, 11) is 0. The lowest BCUT2D eigenvalue weighted by Gasteiger charge is -2.46. The van der Waals surface area contributed by atoms with Crippen LogP contribution >= 0.6 is 0 Å². The number of para-hydroxylation sites is 2. The molecule has 8 heteroatoms. The van der Waals surface area contributed by atoms with Crippen LogP contribution in [0.25, 0.3) is 11.0 Å². The van der Waals surface area contributed by atoms with Crippen molar-refractivity contribution in [3.8, 4) is 0 Å². The van der Waals surface area contributed by atoms with E-state index in [1.54, 1.807) is 13.0 Å². The number of hydrogen-bond acceptors (Lipinski definition) is 5. The molecule has 3 heterocycles. The number of piperidine rings is 2. The molecule has 0 aliphatic carbocycles. The molecule has 35 heavy (non-hydrogen) atoms. The number of aliphatic imine (C=N–C) groups is 1. The van der Waals surface area contributed by atoms with Crippen LogP contribution < -0.4 is 10.6 Å². The van der Waals surface area contributed by atoms with Crippen molar-refractivity contribution in [2.75, 3.05) is 24.5 Å². The van der Waals surface area contributed by atoms with Gasteiger partial charge in [0.25, 0.3) is 5.91 Å². The van der Waals surface area contributed by atoms with Crippen LogP contribution in [0.2, 0.25) is 0 Å². The van der Waals surface area contributed by atoms with Crippen molar-refractivity contribution in [2.45, 2.75) is 39.2 Å². The molecule has 0 radical (unpaired) electrons. The predicted molar refractivity (Wildman–Crippen MR) is 136 cm³/mol. The second-order valence-electron chi connectivity index (χ2n) is 9.57. The summed E-state index contributed by atoms with van der Waals surface area (Å²) in [6, 6.07) is 15.2. The number of anilines is 1. The largest absolute Gasteiger partial charge is 0.387 e. The quantitative estimate of drug-likeness (QED) is 0.462. The van der Waals surface area contributed by atoms with E-state index in [-0.39, 0.29) is 23.1 Å². The number of amidine groups is 1. The molecular formula is C27H30N6O2. The van der Waals surface area contributed by atoms with Crippen molar-refractivity contribution in [1.82, 2.24) is 14.9 Å².